The summed E-state index contributed by atoms with van der Waals surface area (Å²) in [4.78, 5) is 12.5. The van der Waals surface area contributed by atoms with Crippen molar-refractivity contribution in [2.45, 2.75) is 17.9 Å². The zero-order valence-corrected chi connectivity index (χ0v) is 16.7. The van der Waals surface area contributed by atoms with Gasteiger partial charge in [-0.25, -0.2) is 8.42 Å². The Morgan fingerprint density at radius 1 is 1.14 bits per heavy atom. The number of terminal acetylenes is 1. The molecule has 0 fully saturated rings. The number of carbonyl (C=O) groups excluding carboxylic acids is 1. The largest absolute Gasteiger partial charge is 0.497 e. The first kappa shape index (κ1) is 21.3. The third-order valence-electron chi connectivity index (χ3n) is 4.05. The van der Waals surface area contributed by atoms with Crippen molar-refractivity contribution in [1.29, 1.82) is 0 Å². The van der Waals surface area contributed by atoms with Crippen LogP contribution in [0.5, 0.6) is 11.5 Å². The van der Waals surface area contributed by atoms with Crippen LogP contribution in [-0.4, -0.2) is 35.1 Å². The minimum Gasteiger partial charge on any atom is -0.497 e. The molecule has 148 valence electrons. The van der Waals surface area contributed by atoms with Crippen LogP contribution in [0.4, 0.5) is 0 Å². The van der Waals surface area contributed by atoms with E-state index in [-0.39, 0.29) is 23.4 Å². The molecule has 0 bridgehead atoms. The Bertz CT molecular complexity index is 979. The van der Waals surface area contributed by atoms with Crippen LogP contribution in [0.25, 0.3) is 0 Å². The van der Waals surface area contributed by atoms with Crippen LogP contribution in [0, 0.1) is 12.3 Å². The van der Waals surface area contributed by atoms with E-state index in [1.807, 2.05) is 13.0 Å². The smallest absolute Gasteiger partial charge is 0.251 e. The minimum atomic E-state index is -3.70. The van der Waals surface area contributed by atoms with Gasteiger partial charge in [-0.1, -0.05) is 5.92 Å². The molecule has 0 aliphatic rings. The molecule has 7 nitrogen and oxygen atoms in total. The molecule has 1 unspecified atom stereocenters. The number of nitrogens with one attached hydrogen (secondary N) is 2. The van der Waals surface area contributed by atoms with Crippen molar-refractivity contribution in [3.8, 4) is 23.8 Å². The van der Waals surface area contributed by atoms with Gasteiger partial charge < -0.3 is 14.8 Å². The van der Waals surface area contributed by atoms with Gasteiger partial charge in [-0.3, -0.25) is 4.79 Å². The van der Waals surface area contributed by atoms with Gasteiger partial charge in [0.1, 0.15) is 11.5 Å². The van der Waals surface area contributed by atoms with Gasteiger partial charge in [0, 0.05) is 17.2 Å². The van der Waals surface area contributed by atoms with Gasteiger partial charge in [0.2, 0.25) is 10.0 Å². The first-order valence-electron chi connectivity index (χ1n) is 8.38. The predicted molar refractivity (Wildman–Crippen MR) is 106 cm³/mol. The van der Waals surface area contributed by atoms with E-state index in [9.17, 15) is 13.2 Å². The summed E-state index contributed by atoms with van der Waals surface area (Å²) in [5, 5.41) is 2.87. The number of amides is 1. The van der Waals surface area contributed by atoms with Crippen molar-refractivity contribution in [2.24, 2.45) is 0 Å². The van der Waals surface area contributed by atoms with Crippen molar-refractivity contribution >= 4 is 15.9 Å². The van der Waals surface area contributed by atoms with E-state index in [2.05, 4.69) is 16.0 Å². The molecule has 28 heavy (non-hydrogen) atoms. The van der Waals surface area contributed by atoms with Crippen molar-refractivity contribution in [3.63, 3.8) is 0 Å². The monoisotopic (exact) mass is 402 g/mol. The average Bonchev–Trinajstić information content (AvgIpc) is 2.71. The van der Waals surface area contributed by atoms with Crippen LogP contribution in [0.2, 0.25) is 0 Å². The predicted octanol–water partition coefficient (Wildman–Crippen LogP) is 2.11. The number of hydrogen-bond acceptors (Lipinski definition) is 5. The van der Waals surface area contributed by atoms with E-state index in [0.717, 1.165) is 5.56 Å². The van der Waals surface area contributed by atoms with Crippen molar-refractivity contribution < 1.29 is 22.7 Å². The van der Waals surface area contributed by atoms with E-state index >= 15 is 0 Å². The SMILES string of the molecule is C#CCNS(=O)(=O)c1ccc(C(=O)NC(C)c2ccc(OC)cc2OC)cc1. The molecular formula is C20H22N2O5S. The topological polar surface area (TPSA) is 93.7 Å². The quantitative estimate of drug-likeness (QED) is 0.660. The number of methoxy groups -OCH3 is 2. The fourth-order valence-electron chi connectivity index (χ4n) is 2.54. The zero-order chi connectivity index (χ0) is 20.7. The van der Waals surface area contributed by atoms with Crippen LogP contribution in [0.15, 0.2) is 47.4 Å². The van der Waals surface area contributed by atoms with Crippen molar-refractivity contribution in [1.82, 2.24) is 10.0 Å². The maximum atomic E-state index is 12.5. The summed E-state index contributed by atoms with van der Waals surface area (Å²) in [7, 11) is -0.596. The summed E-state index contributed by atoms with van der Waals surface area (Å²) in [6.45, 7) is 1.72. The highest BCUT2D eigenvalue weighted by molar-refractivity contribution is 7.89. The van der Waals surface area contributed by atoms with Gasteiger partial charge >= 0.3 is 0 Å². The first-order chi connectivity index (χ1) is 13.3. The van der Waals surface area contributed by atoms with Gasteiger partial charge in [0.25, 0.3) is 5.91 Å². The fourth-order valence-corrected chi connectivity index (χ4v) is 3.47. The maximum absolute atomic E-state index is 12.5. The number of ether oxygens (including phenoxy) is 2. The lowest BCUT2D eigenvalue weighted by atomic mass is 10.1. The number of hydrogen-bond donors (Lipinski definition) is 2. The fraction of sp³-hybridized carbons (Fsp3) is 0.250. The second-order valence-electron chi connectivity index (χ2n) is 5.86. The standard InChI is InChI=1S/C20H22N2O5S/c1-5-12-21-28(24,25)17-9-6-15(7-10-17)20(23)22-14(2)18-11-8-16(26-3)13-19(18)27-4/h1,6-11,13-14,21H,12H2,2-4H3,(H,22,23). The van der Waals surface area contributed by atoms with E-state index in [4.69, 9.17) is 15.9 Å². The molecular weight excluding hydrogens is 380 g/mol. The Morgan fingerprint density at radius 2 is 1.82 bits per heavy atom. The van der Waals surface area contributed by atoms with Crippen LogP contribution >= 0.6 is 0 Å². The Hall–Kier alpha value is -3.02. The lowest BCUT2D eigenvalue weighted by molar-refractivity contribution is 0.0939. The number of rotatable bonds is 8. The Balaban J connectivity index is 2.14. The molecule has 0 spiro atoms. The highest BCUT2D eigenvalue weighted by Crippen LogP contribution is 2.29. The molecule has 2 N–H and O–H groups in total. The van der Waals surface area contributed by atoms with Gasteiger partial charge in [0.15, 0.2) is 0 Å². The number of benzene rings is 2. The molecule has 2 aromatic rings. The zero-order valence-electron chi connectivity index (χ0n) is 15.9. The maximum Gasteiger partial charge on any atom is 0.251 e. The van der Waals surface area contributed by atoms with Crippen LogP contribution in [0.3, 0.4) is 0 Å². The molecule has 2 rings (SSSR count). The number of carbonyl (C=O) groups is 1. The van der Waals surface area contributed by atoms with Gasteiger partial charge in [-0.15, -0.1) is 6.42 Å². The summed E-state index contributed by atoms with van der Waals surface area (Å²) in [6.07, 6.45) is 5.06. The summed E-state index contributed by atoms with van der Waals surface area (Å²) < 4.78 is 36.8. The summed E-state index contributed by atoms with van der Waals surface area (Å²) in [6, 6.07) is 10.6. The van der Waals surface area contributed by atoms with Crippen molar-refractivity contribution in [2.75, 3.05) is 20.8 Å². The molecule has 8 heteroatoms. The highest BCUT2D eigenvalue weighted by Gasteiger charge is 2.17. The summed E-state index contributed by atoms with van der Waals surface area (Å²) in [5.41, 5.74) is 1.12. The lowest BCUT2D eigenvalue weighted by Crippen LogP contribution is -2.27. The molecule has 0 aromatic heterocycles. The van der Waals surface area contributed by atoms with E-state index < -0.39 is 10.0 Å². The Kier molecular flexibility index (Phi) is 7.04. The molecule has 0 aliphatic heterocycles. The molecule has 2 aromatic carbocycles. The molecule has 0 saturated carbocycles. The summed E-state index contributed by atoms with van der Waals surface area (Å²) >= 11 is 0. The normalized spacial score (nSPS) is 11.9. The molecule has 0 heterocycles. The van der Waals surface area contributed by atoms with E-state index in [0.29, 0.717) is 17.1 Å². The van der Waals surface area contributed by atoms with E-state index in [1.165, 1.54) is 24.3 Å². The lowest BCUT2D eigenvalue weighted by Gasteiger charge is -2.18. The van der Waals surface area contributed by atoms with Gasteiger partial charge in [0.05, 0.1) is 31.7 Å². The molecule has 1 amide bonds. The Labute approximate surface area is 165 Å². The highest BCUT2D eigenvalue weighted by atomic mass is 32.2. The second-order valence-corrected chi connectivity index (χ2v) is 7.62. The second kappa shape index (κ2) is 9.26. The molecule has 0 radical (unpaired) electrons. The summed E-state index contributed by atoms with van der Waals surface area (Å²) in [5.74, 6) is 3.10. The number of sulfonamides is 1. The third-order valence-corrected chi connectivity index (χ3v) is 5.46. The Morgan fingerprint density at radius 3 is 2.39 bits per heavy atom. The minimum absolute atomic E-state index is 0.0316. The average molecular weight is 402 g/mol. The van der Waals surface area contributed by atoms with E-state index in [1.54, 1.807) is 26.4 Å². The van der Waals surface area contributed by atoms with Crippen LogP contribution < -0.4 is 19.5 Å². The van der Waals surface area contributed by atoms with Crippen LogP contribution in [-0.2, 0) is 10.0 Å². The molecule has 1 atom stereocenters. The van der Waals surface area contributed by atoms with Gasteiger partial charge in [-0.05, 0) is 43.3 Å². The molecule has 0 aliphatic carbocycles. The van der Waals surface area contributed by atoms with Gasteiger partial charge in [-0.2, -0.15) is 4.72 Å². The molecule has 0 saturated heterocycles. The third kappa shape index (κ3) is 5.03. The van der Waals surface area contributed by atoms with Crippen molar-refractivity contribution in [3.05, 3.63) is 53.6 Å². The first-order valence-corrected chi connectivity index (χ1v) is 9.86. The van der Waals surface area contributed by atoms with Crippen LogP contribution in [0.1, 0.15) is 28.9 Å².